The van der Waals surface area contributed by atoms with E-state index in [1.807, 2.05) is 11.7 Å². The summed E-state index contributed by atoms with van der Waals surface area (Å²) in [6.45, 7) is 9.06. The third-order valence-electron chi connectivity index (χ3n) is 3.70. The second kappa shape index (κ2) is 6.23. The van der Waals surface area contributed by atoms with Crippen LogP contribution in [0.2, 0.25) is 0 Å². The van der Waals surface area contributed by atoms with E-state index in [0.717, 1.165) is 25.4 Å². The van der Waals surface area contributed by atoms with Crippen molar-refractivity contribution in [2.75, 3.05) is 31.1 Å². The molecule has 1 unspecified atom stereocenters. The van der Waals surface area contributed by atoms with Gasteiger partial charge in [-0.05, 0) is 38.3 Å². The Morgan fingerprint density at radius 2 is 2.28 bits per heavy atom. The molecule has 1 aromatic rings. The van der Waals surface area contributed by atoms with Crippen LogP contribution in [0.5, 0.6) is 0 Å². The Morgan fingerprint density at radius 1 is 1.44 bits per heavy atom. The Labute approximate surface area is 110 Å². The van der Waals surface area contributed by atoms with Crippen molar-refractivity contribution < 1.29 is 0 Å². The Bertz CT molecular complexity index is 372. The Morgan fingerprint density at radius 3 is 3.00 bits per heavy atom. The van der Waals surface area contributed by atoms with E-state index in [1.54, 1.807) is 0 Å². The Balaban J connectivity index is 1.91. The van der Waals surface area contributed by atoms with Crippen molar-refractivity contribution in [3.63, 3.8) is 0 Å². The van der Waals surface area contributed by atoms with E-state index < -0.39 is 0 Å². The van der Waals surface area contributed by atoms with Gasteiger partial charge in [0, 0.05) is 26.3 Å². The molecule has 1 aromatic heterocycles. The molecular formula is C14H26N4. The molecule has 0 spiro atoms. The first-order valence-corrected chi connectivity index (χ1v) is 7.22. The van der Waals surface area contributed by atoms with Gasteiger partial charge in [-0.3, -0.25) is 4.68 Å². The minimum Gasteiger partial charge on any atom is -0.368 e. The van der Waals surface area contributed by atoms with Crippen molar-refractivity contribution in [2.24, 2.45) is 13.0 Å². The van der Waals surface area contributed by atoms with Crippen LogP contribution < -0.4 is 10.2 Å². The van der Waals surface area contributed by atoms with Gasteiger partial charge in [-0.15, -0.1) is 0 Å². The highest BCUT2D eigenvalue weighted by atomic mass is 15.3. The maximum Gasteiger partial charge on any atom is 0.0855 e. The van der Waals surface area contributed by atoms with Crippen LogP contribution in [-0.4, -0.2) is 36.0 Å². The molecular weight excluding hydrogens is 224 g/mol. The van der Waals surface area contributed by atoms with Crippen molar-refractivity contribution >= 4 is 5.69 Å². The fraction of sp³-hybridized carbons (Fsp3) is 0.786. The van der Waals surface area contributed by atoms with Crippen LogP contribution in [0.4, 0.5) is 5.69 Å². The van der Waals surface area contributed by atoms with E-state index in [9.17, 15) is 0 Å². The summed E-state index contributed by atoms with van der Waals surface area (Å²) in [5.74, 6) is 0.793. The predicted molar refractivity (Wildman–Crippen MR) is 76.1 cm³/mol. The molecule has 0 aliphatic carbocycles. The minimum absolute atomic E-state index is 0.793. The largest absolute Gasteiger partial charge is 0.368 e. The third-order valence-corrected chi connectivity index (χ3v) is 3.70. The van der Waals surface area contributed by atoms with Crippen LogP contribution in [0, 0.1) is 5.92 Å². The molecule has 18 heavy (non-hydrogen) atoms. The third kappa shape index (κ3) is 3.05. The smallest absolute Gasteiger partial charge is 0.0855 e. The maximum atomic E-state index is 4.53. The van der Waals surface area contributed by atoms with Gasteiger partial charge in [0.15, 0.2) is 0 Å². The van der Waals surface area contributed by atoms with Gasteiger partial charge in [-0.1, -0.05) is 13.8 Å². The average molecular weight is 250 g/mol. The maximum absolute atomic E-state index is 4.53. The van der Waals surface area contributed by atoms with E-state index in [0.29, 0.717) is 0 Å². The predicted octanol–water partition coefficient (Wildman–Crippen LogP) is 1.81. The molecule has 2 heterocycles. The summed E-state index contributed by atoms with van der Waals surface area (Å²) in [4.78, 5) is 2.50. The van der Waals surface area contributed by atoms with Crippen LogP contribution in [0.25, 0.3) is 0 Å². The van der Waals surface area contributed by atoms with Crippen molar-refractivity contribution in [3.8, 4) is 0 Å². The first-order valence-electron chi connectivity index (χ1n) is 7.22. The zero-order chi connectivity index (χ0) is 13.0. The average Bonchev–Trinajstić information content (AvgIpc) is 2.95. The lowest BCUT2D eigenvalue weighted by molar-refractivity contribution is 0.516. The van der Waals surface area contributed by atoms with Crippen molar-refractivity contribution in [1.29, 1.82) is 0 Å². The summed E-state index contributed by atoms with van der Waals surface area (Å²) >= 11 is 0. The van der Waals surface area contributed by atoms with Gasteiger partial charge in [-0.25, -0.2) is 0 Å². The lowest BCUT2D eigenvalue weighted by Gasteiger charge is -2.18. The molecule has 4 nitrogen and oxygen atoms in total. The van der Waals surface area contributed by atoms with Crippen LogP contribution in [0.3, 0.4) is 0 Å². The van der Waals surface area contributed by atoms with Gasteiger partial charge in [0.2, 0.25) is 0 Å². The number of hydrogen-bond acceptors (Lipinski definition) is 3. The molecule has 102 valence electrons. The standard InChI is InChI=1S/C14H26N4/c1-4-7-15-9-12-6-8-18(10-12)14-11-17(3)16-13(14)5-2/h11-12,15H,4-10H2,1-3H3. The normalized spacial score (nSPS) is 19.7. The summed E-state index contributed by atoms with van der Waals surface area (Å²) in [6, 6.07) is 0. The highest BCUT2D eigenvalue weighted by Gasteiger charge is 2.24. The van der Waals surface area contributed by atoms with Gasteiger partial charge < -0.3 is 10.2 Å². The van der Waals surface area contributed by atoms with Gasteiger partial charge in [0.25, 0.3) is 0 Å². The highest BCUT2D eigenvalue weighted by Crippen LogP contribution is 2.26. The highest BCUT2D eigenvalue weighted by molar-refractivity contribution is 5.50. The Hall–Kier alpha value is -1.03. The van der Waals surface area contributed by atoms with Gasteiger partial charge in [0.1, 0.15) is 0 Å². The van der Waals surface area contributed by atoms with Crippen molar-refractivity contribution in [1.82, 2.24) is 15.1 Å². The summed E-state index contributed by atoms with van der Waals surface area (Å²) in [5.41, 5.74) is 2.58. The number of hydrogen-bond donors (Lipinski definition) is 1. The topological polar surface area (TPSA) is 33.1 Å². The lowest BCUT2D eigenvalue weighted by atomic mass is 10.1. The molecule has 1 saturated heterocycles. The van der Waals surface area contributed by atoms with Crippen LogP contribution >= 0.6 is 0 Å². The lowest BCUT2D eigenvalue weighted by Crippen LogP contribution is -2.27. The quantitative estimate of drug-likeness (QED) is 0.782. The molecule has 1 aliphatic rings. The first kappa shape index (κ1) is 13.4. The van der Waals surface area contributed by atoms with Crippen LogP contribution in [0.15, 0.2) is 6.20 Å². The van der Waals surface area contributed by atoms with Gasteiger partial charge in [-0.2, -0.15) is 5.10 Å². The molecule has 2 rings (SSSR count). The number of aryl methyl sites for hydroxylation is 2. The van der Waals surface area contributed by atoms with Crippen molar-refractivity contribution in [2.45, 2.75) is 33.1 Å². The second-order valence-electron chi connectivity index (χ2n) is 5.29. The van der Waals surface area contributed by atoms with Gasteiger partial charge >= 0.3 is 0 Å². The molecule has 1 N–H and O–H groups in total. The molecule has 0 bridgehead atoms. The minimum atomic E-state index is 0.793. The van der Waals surface area contributed by atoms with Crippen LogP contribution in [-0.2, 0) is 13.5 Å². The van der Waals surface area contributed by atoms with E-state index in [4.69, 9.17) is 0 Å². The van der Waals surface area contributed by atoms with Crippen molar-refractivity contribution in [3.05, 3.63) is 11.9 Å². The molecule has 1 fully saturated rings. The summed E-state index contributed by atoms with van der Waals surface area (Å²) in [6.07, 6.45) is 5.71. The zero-order valence-electron chi connectivity index (χ0n) is 11.9. The Kier molecular flexibility index (Phi) is 4.64. The SMILES string of the molecule is CCCNCC1CCN(c2cn(C)nc2CC)C1. The van der Waals surface area contributed by atoms with E-state index in [2.05, 4.69) is 35.4 Å². The summed E-state index contributed by atoms with van der Waals surface area (Å²) < 4.78 is 1.94. The molecule has 0 saturated carbocycles. The molecule has 1 aliphatic heterocycles. The monoisotopic (exact) mass is 250 g/mol. The number of rotatable bonds is 6. The molecule has 4 heteroatoms. The molecule has 1 atom stereocenters. The van der Waals surface area contributed by atoms with E-state index in [1.165, 1.54) is 37.3 Å². The number of nitrogens with zero attached hydrogens (tertiary/aromatic N) is 3. The molecule has 0 aromatic carbocycles. The summed E-state index contributed by atoms with van der Waals surface area (Å²) in [7, 11) is 2.01. The fourth-order valence-electron chi connectivity index (χ4n) is 2.74. The second-order valence-corrected chi connectivity index (χ2v) is 5.29. The van der Waals surface area contributed by atoms with E-state index >= 15 is 0 Å². The van der Waals surface area contributed by atoms with E-state index in [-0.39, 0.29) is 0 Å². The first-order chi connectivity index (χ1) is 8.74. The molecule has 0 radical (unpaired) electrons. The fourth-order valence-corrected chi connectivity index (χ4v) is 2.74. The number of anilines is 1. The zero-order valence-corrected chi connectivity index (χ0v) is 11.9. The van der Waals surface area contributed by atoms with Gasteiger partial charge in [0.05, 0.1) is 11.4 Å². The van der Waals surface area contributed by atoms with Crippen LogP contribution in [0.1, 0.15) is 32.4 Å². The number of aromatic nitrogens is 2. The molecule has 0 amide bonds. The number of nitrogens with one attached hydrogen (secondary N) is 1. The summed E-state index contributed by atoms with van der Waals surface area (Å²) in [5, 5.41) is 8.07.